The van der Waals surface area contributed by atoms with Crippen molar-refractivity contribution in [2.75, 3.05) is 5.32 Å². The number of hydrogen-bond acceptors (Lipinski definition) is 1. The lowest BCUT2D eigenvalue weighted by Crippen LogP contribution is -2.16. The van der Waals surface area contributed by atoms with Crippen molar-refractivity contribution in [2.45, 2.75) is 39.5 Å². The van der Waals surface area contributed by atoms with E-state index in [1.54, 1.807) is 0 Å². The van der Waals surface area contributed by atoms with Gasteiger partial charge in [-0.25, -0.2) is 0 Å². The first-order valence-corrected chi connectivity index (χ1v) is 7.55. The summed E-state index contributed by atoms with van der Waals surface area (Å²) in [4.78, 5) is 12.3. The van der Waals surface area contributed by atoms with Crippen LogP contribution in [0.15, 0.2) is 48.5 Å². The zero-order valence-corrected chi connectivity index (χ0v) is 13.0. The number of aryl methyl sites for hydroxylation is 2. The van der Waals surface area contributed by atoms with Crippen LogP contribution in [0.5, 0.6) is 0 Å². The molecule has 2 heteroatoms. The molecule has 0 spiro atoms. The summed E-state index contributed by atoms with van der Waals surface area (Å²) in [5, 5.41) is 3.09. The number of para-hydroxylation sites is 1. The van der Waals surface area contributed by atoms with E-state index in [2.05, 4.69) is 37.4 Å². The quantitative estimate of drug-likeness (QED) is 0.846. The first-order valence-electron chi connectivity index (χ1n) is 7.55. The van der Waals surface area contributed by atoms with E-state index < -0.39 is 0 Å². The highest BCUT2D eigenvalue weighted by Gasteiger charge is 2.13. The number of nitrogens with one attached hydrogen (secondary N) is 1. The van der Waals surface area contributed by atoms with E-state index in [4.69, 9.17) is 0 Å². The topological polar surface area (TPSA) is 29.1 Å². The monoisotopic (exact) mass is 281 g/mol. The van der Waals surface area contributed by atoms with Gasteiger partial charge in [-0.3, -0.25) is 4.79 Å². The molecule has 2 aromatic rings. The molecular formula is C19H23NO. The predicted octanol–water partition coefficient (Wildman–Crippen LogP) is 4.69. The average Bonchev–Trinajstić information content (AvgIpc) is 2.50. The molecule has 0 aliphatic rings. The van der Waals surface area contributed by atoms with Gasteiger partial charge in [0.2, 0.25) is 5.91 Å². The van der Waals surface area contributed by atoms with Gasteiger partial charge in [0.05, 0.1) is 0 Å². The smallest absolute Gasteiger partial charge is 0.224 e. The molecule has 0 radical (unpaired) electrons. The molecule has 2 aromatic carbocycles. The summed E-state index contributed by atoms with van der Waals surface area (Å²) < 4.78 is 0. The van der Waals surface area contributed by atoms with Crippen molar-refractivity contribution < 1.29 is 4.79 Å². The normalized spacial score (nSPS) is 12.0. The molecule has 0 aliphatic heterocycles. The number of benzene rings is 2. The summed E-state index contributed by atoms with van der Waals surface area (Å²) in [6.45, 7) is 6.24. The number of hydrogen-bond donors (Lipinski definition) is 1. The molecule has 110 valence electrons. The number of rotatable bonds is 5. The van der Waals surface area contributed by atoms with E-state index in [0.717, 1.165) is 17.7 Å². The van der Waals surface area contributed by atoms with Gasteiger partial charge in [-0.05, 0) is 36.0 Å². The van der Waals surface area contributed by atoms with Crippen molar-refractivity contribution in [1.82, 2.24) is 0 Å². The Morgan fingerprint density at radius 1 is 1.10 bits per heavy atom. The van der Waals surface area contributed by atoms with Crippen molar-refractivity contribution in [3.8, 4) is 0 Å². The second-order valence-corrected chi connectivity index (χ2v) is 5.53. The Balaban J connectivity index is 2.06. The lowest BCUT2D eigenvalue weighted by atomic mass is 9.97. The minimum Gasteiger partial charge on any atom is -0.326 e. The SMILES string of the molecule is CCc1cccc(C)c1NC(=O)CC(C)c1ccccc1. The van der Waals surface area contributed by atoms with Gasteiger partial charge in [0.15, 0.2) is 0 Å². The van der Waals surface area contributed by atoms with Crippen molar-refractivity contribution in [3.05, 3.63) is 65.2 Å². The van der Waals surface area contributed by atoms with Crippen LogP contribution in [0, 0.1) is 6.92 Å². The second-order valence-electron chi connectivity index (χ2n) is 5.53. The third-order valence-electron chi connectivity index (χ3n) is 3.86. The first kappa shape index (κ1) is 15.3. The molecule has 0 bridgehead atoms. The minimum absolute atomic E-state index is 0.0790. The van der Waals surface area contributed by atoms with Crippen molar-refractivity contribution >= 4 is 11.6 Å². The Hall–Kier alpha value is -2.09. The molecule has 0 aromatic heterocycles. The van der Waals surface area contributed by atoms with Gasteiger partial charge in [-0.15, -0.1) is 0 Å². The molecule has 1 amide bonds. The fourth-order valence-corrected chi connectivity index (χ4v) is 2.57. The van der Waals surface area contributed by atoms with Crippen LogP contribution in [0.1, 0.15) is 42.9 Å². The highest BCUT2D eigenvalue weighted by Crippen LogP contribution is 2.23. The first-order chi connectivity index (χ1) is 10.1. The Kier molecular flexibility index (Phi) is 5.15. The Labute approximate surface area is 127 Å². The van der Waals surface area contributed by atoms with Crippen LogP contribution < -0.4 is 5.32 Å². The highest BCUT2D eigenvalue weighted by molar-refractivity contribution is 5.92. The van der Waals surface area contributed by atoms with Crippen LogP contribution in [0.3, 0.4) is 0 Å². The fraction of sp³-hybridized carbons (Fsp3) is 0.316. The third-order valence-corrected chi connectivity index (χ3v) is 3.86. The van der Waals surface area contributed by atoms with Crippen molar-refractivity contribution in [1.29, 1.82) is 0 Å². The van der Waals surface area contributed by atoms with Gasteiger partial charge in [0.1, 0.15) is 0 Å². The zero-order valence-electron chi connectivity index (χ0n) is 13.0. The van der Waals surface area contributed by atoms with Crippen molar-refractivity contribution in [2.24, 2.45) is 0 Å². The van der Waals surface area contributed by atoms with Crippen LogP contribution in [-0.2, 0) is 11.2 Å². The molecule has 0 saturated heterocycles. The minimum atomic E-state index is 0.0790. The average molecular weight is 281 g/mol. The molecule has 2 nitrogen and oxygen atoms in total. The van der Waals surface area contributed by atoms with E-state index in [0.29, 0.717) is 6.42 Å². The maximum Gasteiger partial charge on any atom is 0.224 e. The molecular weight excluding hydrogens is 258 g/mol. The summed E-state index contributed by atoms with van der Waals surface area (Å²) in [6.07, 6.45) is 1.42. The molecule has 0 saturated carbocycles. The largest absolute Gasteiger partial charge is 0.326 e. The number of carbonyl (C=O) groups is 1. The Morgan fingerprint density at radius 3 is 2.48 bits per heavy atom. The Morgan fingerprint density at radius 2 is 1.81 bits per heavy atom. The molecule has 0 heterocycles. The van der Waals surface area contributed by atoms with E-state index in [-0.39, 0.29) is 11.8 Å². The summed E-state index contributed by atoms with van der Waals surface area (Å²) in [5.74, 6) is 0.302. The fourth-order valence-electron chi connectivity index (χ4n) is 2.57. The molecule has 1 N–H and O–H groups in total. The van der Waals surface area contributed by atoms with E-state index >= 15 is 0 Å². The van der Waals surface area contributed by atoms with E-state index in [1.807, 2.05) is 37.3 Å². The number of anilines is 1. The molecule has 1 unspecified atom stereocenters. The molecule has 21 heavy (non-hydrogen) atoms. The zero-order chi connectivity index (χ0) is 15.2. The number of amides is 1. The summed E-state index contributed by atoms with van der Waals surface area (Å²) in [7, 11) is 0. The molecule has 2 rings (SSSR count). The standard InChI is InChI=1S/C19H23NO/c1-4-16-12-8-9-14(2)19(16)20-18(21)13-15(3)17-10-6-5-7-11-17/h5-12,15H,4,13H2,1-3H3,(H,20,21). The second kappa shape index (κ2) is 7.07. The van der Waals surface area contributed by atoms with Crippen LogP contribution in [0.25, 0.3) is 0 Å². The molecule has 0 aliphatic carbocycles. The van der Waals surface area contributed by atoms with Crippen LogP contribution >= 0.6 is 0 Å². The third kappa shape index (κ3) is 3.94. The van der Waals surface area contributed by atoms with Gasteiger partial charge < -0.3 is 5.32 Å². The van der Waals surface area contributed by atoms with Gasteiger partial charge >= 0.3 is 0 Å². The molecule has 1 atom stereocenters. The van der Waals surface area contributed by atoms with Gasteiger partial charge in [-0.1, -0.05) is 62.4 Å². The number of carbonyl (C=O) groups excluding carboxylic acids is 1. The van der Waals surface area contributed by atoms with Crippen molar-refractivity contribution in [3.63, 3.8) is 0 Å². The summed E-state index contributed by atoms with van der Waals surface area (Å²) in [6, 6.07) is 16.3. The van der Waals surface area contributed by atoms with Gasteiger partial charge in [0.25, 0.3) is 0 Å². The van der Waals surface area contributed by atoms with Crippen LogP contribution in [-0.4, -0.2) is 5.91 Å². The summed E-state index contributed by atoms with van der Waals surface area (Å²) >= 11 is 0. The van der Waals surface area contributed by atoms with E-state index in [9.17, 15) is 4.79 Å². The summed E-state index contributed by atoms with van der Waals surface area (Å²) in [5.41, 5.74) is 4.49. The molecule has 0 fully saturated rings. The van der Waals surface area contributed by atoms with E-state index in [1.165, 1.54) is 11.1 Å². The predicted molar refractivity (Wildman–Crippen MR) is 88.7 cm³/mol. The maximum atomic E-state index is 12.3. The van der Waals surface area contributed by atoms with Gasteiger partial charge in [-0.2, -0.15) is 0 Å². The lowest BCUT2D eigenvalue weighted by molar-refractivity contribution is -0.116. The van der Waals surface area contributed by atoms with Crippen LogP contribution in [0.2, 0.25) is 0 Å². The highest BCUT2D eigenvalue weighted by atomic mass is 16.1. The van der Waals surface area contributed by atoms with Gasteiger partial charge in [0, 0.05) is 12.1 Å². The maximum absolute atomic E-state index is 12.3. The Bertz CT molecular complexity index is 604. The lowest BCUT2D eigenvalue weighted by Gasteiger charge is -2.15. The van der Waals surface area contributed by atoms with Crippen LogP contribution in [0.4, 0.5) is 5.69 Å².